The van der Waals surface area contributed by atoms with Gasteiger partial charge >= 0.3 is 0 Å². The normalized spacial score (nSPS) is 31.7. The maximum atomic E-state index is 5.57. The lowest BCUT2D eigenvalue weighted by Gasteiger charge is -2.44. The Bertz CT molecular complexity index is 429. The molecule has 3 aliphatic heterocycles. The topological polar surface area (TPSA) is 40.1 Å². The molecule has 0 aromatic carbocycles. The summed E-state index contributed by atoms with van der Waals surface area (Å²) in [4.78, 5) is 9.71. The van der Waals surface area contributed by atoms with Gasteiger partial charge in [0.25, 0.3) is 0 Å². The molecule has 0 bridgehead atoms. The van der Waals surface area contributed by atoms with Crippen LogP contribution in [0, 0.1) is 0 Å². The molecule has 0 spiro atoms. The van der Waals surface area contributed by atoms with E-state index in [9.17, 15) is 0 Å². The quantitative estimate of drug-likeness (QED) is 0.363. The Kier molecular flexibility index (Phi) is 9.49. The van der Waals surface area contributed by atoms with Gasteiger partial charge in [-0.3, -0.25) is 9.89 Å². The first-order valence-electron chi connectivity index (χ1n) is 9.25. The molecule has 3 aliphatic rings. The van der Waals surface area contributed by atoms with E-state index in [2.05, 4.69) is 50.6 Å². The molecule has 8 heteroatoms. The van der Waals surface area contributed by atoms with Crippen molar-refractivity contribution < 1.29 is 4.74 Å². The summed E-state index contributed by atoms with van der Waals surface area (Å²) in [5.74, 6) is 4.81. The lowest BCUT2D eigenvalue weighted by atomic mass is 9.95. The van der Waals surface area contributed by atoms with Gasteiger partial charge in [0.1, 0.15) is 0 Å². The van der Waals surface area contributed by atoms with Crippen LogP contribution < -0.4 is 5.32 Å². The van der Waals surface area contributed by atoms with Crippen molar-refractivity contribution in [3.05, 3.63) is 0 Å². The number of thioether (sulfide) groups is 2. The van der Waals surface area contributed by atoms with Crippen LogP contribution in [-0.4, -0.2) is 96.8 Å². The minimum atomic E-state index is 0. The second kappa shape index (κ2) is 10.8. The molecular formula is C17H33IN4OS2. The minimum Gasteiger partial charge on any atom is -0.379 e. The third-order valence-corrected chi connectivity index (χ3v) is 8.05. The zero-order valence-corrected chi connectivity index (χ0v) is 19.5. The van der Waals surface area contributed by atoms with Crippen molar-refractivity contribution in [3.63, 3.8) is 0 Å². The zero-order chi connectivity index (χ0) is 16.8. The smallest absolute Gasteiger partial charge is 0.193 e. The number of hydrogen-bond acceptors (Lipinski definition) is 5. The highest BCUT2D eigenvalue weighted by atomic mass is 127. The number of nitrogens with one attached hydrogen (secondary N) is 1. The lowest BCUT2D eigenvalue weighted by Crippen LogP contribution is -2.60. The molecule has 0 amide bonds. The molecule has 3 heterocycles. The third kappa shape index (κ3) is 5.56. The molecule has 0 radical (unpaired) electrons. The van der Waals surface area contributed by atoms with Crippen LogP contribution in [0.25, 0.3) is 0 Å². The minimum absolute atomic E-state index is 0. The van der Waals surface area contributed by atoms with E-state index in [1.165, 1.54) is 30.1 Å². The number of ether oxygens (including phenoxy) is 1. The predicted molar refractivity (Wildman–Crippen MR) is 122 cm³/mol. The molecule has 1 N–H and O–H groups in total. The largest absolute Gasteiger partial charge is 0.379 e. The average Bonchev–Trinajstić information content (AvgIpc) is 3.13. The van der Waals surface area contributed by atoms with Gasteiger partial charge in [-0.25, -0.2) is 0 Å². The van der Waals surface area contributed by atoms with Crippen LogP contribution >= 0.6 is 47.5 Å². The molecule has 3 rings (SSSR count). The monoisotopic (exact) mass is 500 g/mol. The van der Waals surface area contributed by atoms with Crippen LogP contribution in [0.3, 0.4) is 0 Å². The predicted octanol–water partition coefficient (Wildman–Crippen LogP) is 2.22. The van der Waals surface area contributed by atoms with E-state index in [4.69, 9.17) is 4.74 Å². The first-order valence-corrected chi connectivity index (χ1v) is 11.5. The number of rotatable bonds is 4. The Morgan fingerprint density at radius 1 is 1.28 bits per heavy atom. The van der Waals surface area contributed by atoms with Crippen molar-refractivity contribution >= 4 is 53.5 Å². The van der Waals surface area contributed by atoms with Crippen molar-refractivity contribution in [2.24, 2.45) is 4.99 Å². The number of nitrogens with zero attached hydrogens (tertiary/aromatic N) is 3. The summed E-state index contributed by atoms with van der Waals surface area (Å²) in [6, 6.07) is 0. The molecule has 0 aromatic heterocycles. The summed E-state index contributed by atoms with van der Waals surface area (Å²) in [6.07, 6.45) is 2.52. The van der Waals surface area contributed by atoms with E-state index in [0.29, 0.717) is 0 Å². The molecular weight excluding hydrogens is 467 g/mol. The maximum Gasteiger partial charge on any atom is 0.193 e. The van der Waals surface area contributed by atoms with Crippen LogP contribution in [-0.2, 0) is 4.74 Å². The Balaban J connectivity index is 0.00000225. The first-order chi connectivity index (χ1) is 11.8. The molecule has 0 saturated carbocycles. The van der Waals surface area contributed by atoms with Gasteiger partial charge in [0.05, 0.1) is 13.2 Å². The van der Waals surface area contributed by atoms with Crippen molar-refractivity contribution in [2.45, 2.75) is 30.6 Å². The van der Waals surface area contributed by atoms with Gasteiger partial charge in [-0.15, -0.1) is 24.0 Å². The average molecular weight is 501 g/mol. The summed E-state index contributed by atoms with van der Waals surface area (Å²) in [5.41, 5.74) is 0.277. The SMILES string of the molecule is CCC1CN(C(=NC)NCC2(N3CCOCC3)CCSC2)CCS1.I. The van der Waals surface area contributed by atoms with E-state index in [1.54, 1.807) is 0 Å². The van der Waals surface area contributed by atoms with Crippen LogP contribution in [0.15, 0.2) is 4.99 Å². The van der Waals surface area contributed by atoms with Gasteiger partial charge in [0.15, 0.2) is 5.96 Å². The highest BCUT2D eigenvalue weighted by Crippen LogP contribution is 2.33. The molecule has 0 aromatic rings. The Morgan fingerprint density at radius 3 is 2.72 bits per heavy atom. The van der Waals surface area contributed by atoms with Crippen molar-refractivity contribution in [1.29, 1.82) is 0 Å². The summed E-state index contributed by atoms with van der Waals surface area (Å²) in [5, 5.41) is 4.48. The van der Waals surface area contributed by atoms with Gasteiger partial charge in [-0.1, -0.05) is 6.92 Å². The van der Waals surface area contributed by atoms with E-state index < -0.39 is 0 Å². The summed E-state index contributed by atoms with van der Waals surface area (Å²) in [7, 11) is 1.93. The van der Waals surface area contributed by atoms with Gasteiger partial charge in [0.2, 0.25) is 0 Å². The zero-order valence-electron chi connectivity index (χ0n) is 15.5. The van der Waals surface area contributed by atoms with E-state index >= 15 is 0 Å². The molecule has 146 valence electrons. The Labute approximate surface area is 178 Å². The molecule has 5 nitrogen and oxygen atoms in total. The number of aliphatic imine (C=N–C) groups is 1. The van der Waals surface area contributed by atoms with E-state index in [1.807, 2.05) is 7.05 Å². The van der Waals surface area contributed by atoms with Gasteiger partial charge in [-0.05, 0) is 18.6 Å². The fourth-order valence-corrected chi connectivity index (χ4v) is 6.53. The van der Waals surface area contributed by atoms with Crippen molar-refractivity contribution in [2.75, 3.05) is 70.2 Å². The first kappa shape index (κ1) is 21.9. The number of morpholine rings is 1. The summed E-state index contributed by atoms with van der Waals surface area (Å²) >= 11 is 4.20. The van der Waals surface area contributed by atoms with Crippen molar-refractivity contribution in [1.82, 2.24) is 15.1 Å². The van der Waals surface area contributed by atoms with Crippen molar-refractivity contribution in [3.8, 4) is 0 Å². The molecule has 3 saturated heterocycles. The molecule has 2 atom stereocenters. The highest BCUT2D eigenvalue weighted by Gasteiger charge is 2.41. The second-order valence-corrected chi connectivity index (χ2v) is 9.39. The lowest BCUT2D eigenvalue weighted by molar-refractivity contribution is -0.0121. The number of hydrogen-bond donors (Lipinski definition) is 1. The highest BCUT2D eigenvalue weighted by molar-refractivity contribution is 14.0. The second-order valence-electron chi connectivity index (χ2n) is 6.87. The number of halogens is 1. The Morgan fingerprint density at radius 2 is 2.08 bits per heavy atom. The van der Waals surface area contributed by atoms with E-state index in [0.717, 1.165) is 57.1 Å². The van der Waals surface area contributed by atoms with Gasteiger partial charge < -0.3 is 15.0 Å². The van der Waals surface area contributed by atoms with Crippen LogP contribution in [0.1, 0.15) is 19.8 Å². The van der Waals surface area contributed by atoms with Gasteiger partial charge in [0, 0.05) is 62.1 Å². The van der Waals surface area contributed by atoms with Crippen LogP contribution in [0.2, 0.25) is 0 Å². The van der Waals surface area contributed by atoms with Crippen LogP contribution in [0.4, 0.5) is 0 Å². The Hall–Kier alpha value is 0.620. The molecule has 0 aliphatic carbocycles. The summed E-state index contributed by atoms with van der Waals surface area (Å²) in [6.45, 7) is 9.43. The molecule has 25 heavy (non-hydrogen) atoms. The fraction of sp³-hybridized carbons (Fsp3) is 0.941. The third-order valence-electron chi connectivity index (χ3n) is 5.45. The van der Waals surface area contributed by atoms with Crippen LogP contribution in [0.5, 0.6) is 0 Å². The number of guanidine groups is 1. The fourth-order valence-electron chi connectivity index (χ4n) is 3.87. The maximum absolute atomic E-state index is 5.57. The van der Waals surface area contributed by atoms with E-state index in [-0.39, 0.29) is 29.5 Å². The molecule has 2 unspecified atom stereocenters. The standard InChI is InChI=1S/C17H32N4OS2.HI/c1-3-15-12-20(7-11-24-15)16(18-2)19-13-17(4-10-23-14-17)21-5-8-22-9-6-21;/h15H,3-14H2,1-2H3,(H,18,19);1H. The van der Waals surface area contributed by atoms with Gasteiger partial charge in [-0.2, -0.15) is 23.5 Å². The molecule has 3 fully saturated rings. The summed E-state index contributed by atoms with van der Waals surface area (Å²) < 4.78 is 5.57.